The van der Waals surface area contributed by atoms with Crippen LogP contribution in [0.15, 0.2) is 78.9 Å². The van der Waals surface area contributed by atoms with Crippen molar-refractivity contribution >= 4 is 16.7 Å². The Morgan fingerprint density at radius 3 is 2.36 bits per heavy atom. The summed E-state index contributed by atoms with van der Waals surface area (Å²) in [5.74, 6) is 1.60. The number of hydrogen-bond acceptors (Lipinski definition) is 4. The van der Waals surface area contributed by atoms with Crippen LogP contribution in [-0.4, -0.2) is 55.6 Å². The molecule has 5 nitrogen and oxygen atoms in total. The van der Waals surface area contributed by atoms with Crippen LogP contribution in [0.25, 0.3) is 21.9 Å². The Bertz CT molecular complexity index is 1560. The summed E-state index contributed by atoms with van der Waals surface area (Å²) in [6, 6.07) is 22.0. The quantitative estimate of drug-likeness (QED) is 0.207. The third-order valence-electron chi connectivity index (χ3n) is 8.35. The number of amides is 1. The zero-order valence-corrected chi connectivity index (χ0v) is 24.2. The fraction of sp³-hybridized carbons (Fsp3) is 0.324. The molecule has 0 N–H and O–H groups in total. The standard InChI is InChI=1S/C34H35F3N2O3/c1-5-38-19-27(20-38)22(2)39(21-26-11-15-29(41-3)18-32(26)42-4)33(40)25-12-16-31-24(17-25)7-6-8-30(31)23-9-13-28(14-10-23)34(35,36)37/h6-18,22,27H,5,19-21H2,1-4H3. The van der Waals surface area contributed by atoms with Gasteiger partial charge in [0.1, 0.15) is 11.5 Å². The fourth-order valence-corrected chi connectivity index (χ4v) is 5.67. The molecule has 0 aromatic heterocycles. The number of nitrogens with zero attached hydrogens (tertiary/aromatic N) is 2. The van der Waals surface area contributed by atoms with E-state index in [-0.39, 0.29) is 11.9 Å². The summed E-state index contributed by atoms with van der Waals surface area (Å²) in [7, 11) is 3.21. The van der Waals surface area contributed by atoms with Crippen molar-refractivity contribution in [3.05, 3.63) is 95.6 Å². The van der Waals surface area contributed by atoms with Gasteiger partial charge in [0, 0.05) is 48.8 Å². The van der Waals surface area contributed by atoms with Crippen LogP contribution >= 0.6 is 0 Å². The molecule has 1 amide bonds. The van der Waals surface area contributed by atoms with Crippen LogP contribution in [0.2, 0.25) is 0 Å². The Kier molecular flexibility index (Phi) is 8.45. The van der Waals surface area contributed by atoms with E-state index >= 15 is 0 Å². The van der Waals surface area contributed by atoms with Gasteiger partial charge < -0.3 is 19.3 Å². The van der Waals surface area contributed by atoms with Gasteiger partial charge in [-0.05, 0) is 71.8 Å². The van der Waals surface area contributed by atoms with Crippen LogP contribution < -0.4 is 9.47 Å². The minimum absolute atomic E-state index is 0.0127. The Balaban J connectivity index is 1.48. The van der Waals surface area contributed by atoms with Gasteiger partial charge in [-0.25, -0.2) is 0 Å². The lowest BCUT2D eigenvalue weighted by Crippen LogP contribution is -2.56. The first-order chi connectivity index (χ1) is 20.1. The number of rotatable bonds is 9. The van der Waals surface area contributed by atoms with Crippen molar-refractivity contribution in [3.8, 4) is 22.6 Å². The number of carbonyl (C=O) groups is 1. The van der Waals surface area contributed by atoms with Crippen molar-refractivity contribution in [1.82, 2.24) is 9.80 Å². The first-order valence-corrected chi connectivity index (χ1v) is 14.1. The number of carbonyl (C=O) groups excluding carboxylic acids is 1. The average molecular weight is 577 g/mol. The van der Waals surface area contributed by atoms with Gasteiger partial charge in [-0.3, -0.25) is 4.79 Å². The van der Waals surface area contributed by atoms with E-state index in [0.29, 0.717) is 35.1 Å². The average Bonchev–Trinajstić information content (AvgIpc) is 2.98. The maximum absolute atomic E-state index is 14.2. The highest BCUT2D eigenvalue weighted by atomic mass is 19.4. The molecule has 8 heteroatoms. The smallest absolute Gasteiger partial charge is 0.416 e. The summed E-state index contributed by atoms with van der Waals surface area (Å²) in [5, 5.41) is 1.71. The lowest BCUT2D eigenvalue weighted by molar-refractivity contribution is -0.137. The number of halogens is 3. The number of ether oxygens (including phenoxy) is 2. The van der Waals surface area contributed by atoms with Gasteiger partial charge in [0.2, 0.25) is 0 Å². The second kappa shape index (κ2) is 12.1. The normalized spacial score (nSPS) is 14.8. The number of methoxy groups -OCH3 is 2. The molecular weight excluding hydrogens is 541 g/mol. The van der Waals surface area contributed by atoms with Crippen molar-refractivity contribution in [2.75, 3.05) is 33.9 Å². The number of likely N-dealkylation sites (tertiary alicyclic amines) is 1. The zero-order valence-electron chi connectivity index (χ0n) is 24.2. The van der Waals surface area contributed by atoms with Crippen LogP contribution in [0, 0.1) is 5.92 Å². The molecule has 0 aliphatic carbocycles. The monoisotopic (exact) mass is 576 g/mol. The van der Waals surface area contributed by atoms with Crippen LogP contribution in [0.4, 0.5) is 13.2 Å². The molecule has 1 aliphatic rings. The zero-order chi connectivity index (χ0) is 30.0. The second-order valence-corrected chi connectivity index (χ2v) is 10.8. The maximum Gasteiger partial charge on any atom is 0.416 e. The fourth-order valence-electron chi connectivity index (χ4n) is 5.67. The van der Waals surface area contributed by atoms with Gasteiger partial charge in [0.25, 0.3) is 5.91 Å². The Morgan fingerprint density at radius 2 is 1.71 bits per heavy atom. The molecule has 1 unspecified atom stereocenters. The number of benzene rings is 4. The van der Waals surface area contributed by atoms with Crippen LogP contribution in [0.3, 0.4) is 0 Å². The van der Waals surface area contributed by atoms with E-state index in [9.17, 15) is 18.0 Å². The Morgan fingerprint density at radius 1 is 0.976 bits per heavy atom. The summed E-state index contributed by atoms with van der Waals surface area (Å²) in [6.07, 6.45) is -4.39. The summed E-state index contributed by atoms with van der Waals surface area (Å²) in [5.41, 5.74) is 2.24. The molecule has 0 spiro atoms. The van der Waals surface area contributed by atoms with E-state index in [2.05, 4.69) is 18.7 Å². The Labute approximate surface area is 244 Å². The van der Waals surface area contributed by atoms with E-state index in [0.717, 1.165) is 53.7 Å². The van der Waals surface area contributed by atoms with Gasteiger partial charge in [-0.2, -0.15) is 13.2 Å². The summed E-state index contributed by atoms with van der Waals surface area (Å²) < 4.78 is 50.3. The third kappa shape index (κ3) is 5.95. The molecule has 0 radical (unpaired) electrons. The lowest BCUT2D eigenvalue weighted by Gasteiger charge is -2.45. The molecule has 4 aromatic rings. The van der Waals surface area contributed by atoms with Gasteiger partial charge in [-0.15, -0.1) is 0 Å². The van der Waals surface area contributed by atoms with E-state index in [1.165, 1.54) is 12.1 Å². The molecule has 1 heterocycles. The maximum atomic E-state index is 14.2. The molecule has 0 saturated carbocycles. The van der Waals surface area contributed by atoms with Gasteiger partial charge in [0.05, 0.1) is 19.8 Å². The predicted octanol–water partition coefficient (Wildman–Crippen LogP) is 7.53. The van der Waals surface area contributed by atoms with Crippen LogP contribution in [0.1, 0.15) is 35.3 Å². The minimum atomic E-state index is -4.39. The largest absolute Gasteiger partial charge is 0.497 e. The lowest BCUT2D eigenvalue weighted by atomic mass is 9.90. The van der Waals surface area contributed by atoms with Crippen molar-refractivity contribution in [2.24, 2.45) is 5.92 Å². The van der Waals surface area contributed by atoms with Crippen LogP contribution in [0.5, 0.6) is 11.5 Å². The Hall–Kier alpha value is -4.04. The topological polar surface area (TPSA) is 42.0 Å². The van der Waals surface area contributed by atoms with Crippen molar-refractivity contribution in [2.45, 2.75) is 32.6 Å². The summed E-state index contributed by atoms with van der Waals surface area (Å²) in [6.45, 7) is 7.48. The number of alkyl halides is 3. The van der Waals surface area contributed by atoms with Crippen LogP contribution in [-0.2, 0) is 12.7 Å². The van der Waals surface area contributed by atoms with Gasteiger partial charge in [-0.1, -0.05) is 43.3 Å². The van der Waals surface area contributed by atoms with Crippen molar-refractivity contribution in [1.29, 1.82) is 0 Å². The van der Waals surface area contributed by atoms with Gasteiger partial charge in [0.15, 0.2) is 0 Å². The summed E-state index contributed by atoms with van der Waals surface area (Å²) in [4.78, 5) is 18.5. The molecule has 1 saturated heterocycles. The number of fused-ring (bicyclic) bond motifs is 1. The molecule has 1 aliphatic heterocycles. The summed E-state index contributed by atoms with van der Waals surface area (Å²) >= 11 is 0. The van der Waals surface area contributed by atoms with E-state index in [1.807, 2.05) is 59.5 Å². The van der Waals surface area contributed by atoms with E-state index < -0.39 is 11.7 Å². The second-order valence-electron chi connectivity index (χ2n) is 10.8. The molecule has 1 atom stereocenters. The predicted molar refractivity (Wildman–Crippen MR) is 159 cm³/mol. The molecule has 1 fully saturated rings. The minimum Gasteiger partial charge on any atom is -0.497 e. The molecule has 220 valence electrons. The first-order valence-electron chi connectivity index (χ1n) is 14.1. The van der Waals surface area contributed by atoms with Crippen molar-refractivity contribution < 1.29 is 27.4 Å². The van der Waals surface area contributed by atoms with E-state index in [4.69, 9.17) is 9.47 Å². The van der Waals surface area contributed by atoms with E-state index in [1.54, 1.807) is 14.2 Å². The highest BCUT2D eigenvalue weighted by Gasteiger charge is 2.36. The first kappa shape index (κ1) is 29.5. The van der Waals surface area contributed by atoms with Gasteiger partial charge >= 0.3 is 6.18 Å². The van der Waals surface area contributed by atoms with Crippen molar-refractivity contribution in [3.63, 3.8) is 0 Å². The SMILES string of the molecule is CCN1CC(C(C)N(Cc2ccc(OC)cc2OC)C(=O)c2ccc3c(-c4ccc(C(F)(F)F)cc4)cccc3c2)C1. The highest BCUT2D eigenvalue weighted by molar-refractivity contribution is 6.02. The molecule has 5 rings (SSSR count). The molecule has 42 heavy (non-hydrogen) atoms. The molecule has 4 aromatic carbocycles. The highest BCUT2D eigenvalue weighted by Crippen LogP contribution is 2.35. The number of hydrogen-bond donors (Lipinski definition) is 0. The molecular formula is C34H35F3N2O3. The third-order valence-corrected chi connectivity index (χ3v) is 8.35. The molecule has 0 bridgehead atoms.